The zero-order valence-corrected chi connectivity index (χ0v) is 10.9. The Bertz CT molecular complexity index is 376. The number of ketones is 1. The zero-order chi connectivity index (χ0) is 12.8. The highest BCUT2D eigenvalue weighted by Gasteiger charge is 2.24. The van der Waals surface area contributed by atoms with E-state index in [1.165, 1.54) is 18.4 Å². The molecule has 0 bridgehead atoms. The fraction of sp³-hybridized carbons (Fsp3) is 0.545. The van der Waals surface area contributed by atoms with Gasteiger partial charge >= 0.3 is 6.09 Å². The molecule has 0 aliphatic carbocycles. The summed E-state index contributed by atoms with van der Waals surface area (Å²) in [6.45, 7) is 3.60. The van der Waals surface area contributed by atoms with Crippen LogP contribution in [0.5, 0.6) is 0 Å². The van der Waals surface area contributed by atoms with E-state index in [-0.39, 0.29) is 11.7 Å². The lowest BCUT2D eigenvalue weighted by atomic mass is 9.98. The average molecular weight is 256 g/mol. The number of methoxy groups -OCH3 is 1. The zero-order valence-electron chi connectivity index (χ0n) is 10.1. The van der Waals surface area contributed by atoms with Crippen LogP contribution < -0.4 is 5.32 Å². The summed E-state index contributed by atoms with van der Waals surface area (Å²) in [6, 6.07) is -0.579. The molecule has 0 saturated carbocycles. The molecule has 0 radical (unpaired) electrons. The molecule has 5 nitrogen and oxygen atoms in total. The van der Waals surface area contributed by atoms with Crippen molar-refractivity contribution in [3.05, 3.63) is 16.6 Å². The van der Waals surface area contributed by atoms with Gasteiger partial charge < -0.3 is 10.1 Å². The minimum Gasteiger partial charge on any atom is -0.453 e. The van der Waals surface area contributed by atoms with Gasteiger partial charge in [-0.1, -0.05) is 13.8 Å². The number of thiazole rings is 1. The van der Waals surface area contributed by atoms with Crippen molar-refractivity contribution >= 4 is 23.2 Å². The van der Waals surface area contributed by atoms with E-state index in [0.717, 1.165) is 5.69 Å². The van der Waals surface area contributed by atoms with Gasteiger partial charge in [0.1, 0.15) is 0 Å². The van der Waals surface area contributed by atoms with Crippen molar-refractivity contribution in [2.75, 3.05) is 7.11 Å². The second kappa shape index (κ2) is 6.34. The van der Waals surface area contributed by atoms with Gasteiger partial charge in [0.15, 0.2) is 5.78 Å². The van der Waals surface area contributed by atoms with Gasteiger partial charge in [-0.2, -0.15) is 0 Å². The SMILES string of the molecule is COC(=O)N[C@@H](Cc1cscn1)C(=O)C(C)C. The number of rotatable bonds is 5. The third-order valence-corrected chi connectivity index (χ3v) is 2.92. The Morgan fingerprint density at radius 1 is 1.53 bits per heavy atom. The third kappa shape index (κ3) is 4.14. The fourth-order valence-electron chi connectivity index (χ4n) is 1.37. The van der Waals surface area contributed by atoms with Gasteiger partial charge in [-0.3, -0.25) is 4.79 Å². The van der Waals surface area contributed by atoms with Crippen LogP contribution in [0.25, 0.3) is 0 Å². The number of aromatic nitrogens is 1. The first kappa shape index (κ1) is 13.6. The Labute approximate surface area is 104 Å². The summed E-state index contributed by atoms with van der Waals surface area (Å²) in [7, 11) is 1.27. The van der Waals surface area contributed by atoms with Crippen LogP contribution in [-0.4, -0.2) is 30.0 Å². The second-order valence-electron chi connectivity index (χ2n) is 3.93. The maximum absolute atomic E-state index is 11.9. The molecule has 94 valence electrons. The van der Waals surface area contributed by atoms with Crippen LogP contribution >= 0.6 is 11.3 Å². The van der Waals surface area contributed by atoms with Crippen LogP contribution in [0.15, 0.2) is 10.9 Å². The summed E-state index contributed by atoms with van der Waals surface area (Å²) in [5, 5.41) is 4.40. The van der Waals surface area contributed by atoms with E-state index in [9.17, 15) is 9.59 Å². The van der Waals surface area contributed by atoms with Crippen molar-refractivity contribution in [2.24, 2.45) is 5.92 Å². The summed E-state index contributed by atoms with van der Waals surface area (Å²) in [5.41, 5.74) is 2.50. The number of Topliss-reactive ketones (excluding diaryl/α,β-unsaturated/α-hetero) is 1. The molecular weight excluding hydrogens is 240 g/mol. The van der Waals surface area contributed by atoms with Crippen LogP contribution in [0.3, 0.4) is 0 Å². The number of ether oxygens (including phenoxy) is 1. The number of amides is 1. The molecule has 0 saturated heterocycles. The maximum Gasteiger partial charge on any atom is 0.407 e. The van der Waals surface area contributed by atoms with E-state index >= 15 is 0 Å². The highest BCUT2D eigenvalue weighted by molar-refractivity contribution is 7.07. The van der Waals surface area contributed by atoms with Crippen LogP contribution in [0, 0.1) is 5.92 Å². The third-order valence-electron chi connectivity index (χ3n) is 2.29. The standard InChI is InChI=1S/C11H16N2O3S/c1-7(2)10(14)9(13-11(15)16-3)4-8-5-17-6-12-8/h5-7,9H,4H2,1-3H3,(H,13,15)/t9-/m0/s1. The molecule has 0 aliphatic rings. The first-order valence-electron chi connectivity index (χ1n) is 5.30. The minimum absolute atomic E-state index is 0.0246. The number of carbonyl (C=O) groups is 2. The molecule has 6 heteroatoms. The number of alkyl carbamates (subject to hydrolysis) is 1. The molecule has 17 heavy (non-hydrogen) atoms. The molecule has 1 N–H and O–H groups in total. The monoisotopic (exact) mass is 256 g/mol. The molecule has 1 atom stereocenters. The lowest BCUT2D eigenvalue weighted by molar-refractivity contribution is -0.123. The number of nitrogens with one attached hydrogen (secondary N) is 1. The molecule has 1 aromatic heterocycles. The topological polar surface area (TPSA) is 68.3 Å². The van der Waals surface area contributed by atoms with Gasteiger partial charge in [-0.05, 0) is 0 Å². The Hall–Kier alpha value is -1.43. The molecule has 1 rings (SSSR count). The normalized spacial score (nSPS) is 12.2. The smallest absolute Gasteiger partial charge is 0.407 e. The Kier molecular flexibility index (Phi) is 5.09. The quantitative estimate of drug-likeness (QED) is 0.869. The van der Waals surface area contributed by atoms with Crippen LogP contribution in [0.4, 0.5) is 4.79 Å². The van der Waals surface area contributed by atoms with Crippen molar-refractivity contribution in [1.82, 2.24) is 10.3 Å². The van der Waals surface area contributed by atoms with E-state index in [0.29, 0.717) is 6.42 Å². The van der Waals surface area contributed by atoms with Gasteiger partial charge in [0.05, 0.1) is 24.4 Å². The highest BCUT2D eigenvalue weighted by Crippen LogP contribution is 2.09. The van der Waals surface area contributed by atoms with Gasteiger partial charge in [-0.15, -0.1) is 11.3 Å². The minimum atomic E-state index is -0.598. The van der Waals surface area contributed by atoms with Gasteiger partial charge in [0.2, 0.25) is 0 Å². The average Bonchev–Trinajstić information content (AvgIpc) is 2.79. The van der Waals surface area contributed by atoms with E-state index in [1.54, 1.807) is 19.4 Å². The van der Waals surface area contributed by atoms with Gasteiger partial charge in [0.25, 0.3) is 0 Å². The number of carbonyl (C=O) groups excluding carboxylic acids is 2. The number of hydrogen-bond donors (Lipinski definition) is 1. The summed E-state index contributed by atoms with van der Waals surface area (Å²) in [4.78, 5) is 27.2. The number of nitrogens with zero attached hydrogens (tertiary/aromatic N) is 1. The highest BCUT2D eigenvalue weighted by atomic mass is 32.1. The molecule has 0 aliphatic heterocycles. The first-order valence-corrected chi connectivity index (χ1v) is 6.24. The fourth-order valence-corrected chi connectivity index (χ4v) is 1.95. The van der Waals surface area contributed by atoms with Crippen molar-refractivity contribution < 1.29 is 14.3 Å². The van der Waals surface area contributed by atoms with Crippen molar-refractivity contribution in [1.29, 1.82) is 0 Å². The Balaban J connectivity index is 2.71. The lowest BCUT2D eigenvalue weighted by Crippen LogP contribution is -2.44. The summed E-state index contributed by atoms with van der Waals surface area (Å²) in [6.07, 6.45) is -0.200. The molecule has 0 spiro atoms. The molecule has 1 aromatic rings. The van der Waals surface area contributed by atoms with E-state index in [2.05, 4.69) is 15.0 Å². The molecule has 0 aromatic carbocycles. The van der Waals surface area contributed by atoms with Crippen molar-refractivity contribution in [2.45, 2.75) is 26.3 Å². The predicted octanol–water partition coefficient (Wildman–Crippen LogP) is 1.64. The summed E-state index contributed by atoms with van der Waals surface area (Å²) >= 11 is 1.46. The lowest BCUT2D eigenvalue weighted by Gasteiger charge is -2.17. The van der Waals surface area contributed by atoms with E-state index in [4.69, 9.17) is 0 Å². The summed E-state index contributed by atoms with van der Waals surface area (Å²) < 4.78 is 4.51. The van der Waals surface area contributed by atoms with Crippen LogP contribution in [-0.2, 0) is 16.0 Å². The van der Waals surface area contributed by atoms with Gasteiger partial charge in [-0.25, -0.2) is 9.78 Å². The Morgan fingerprint density at radius 2 is 2.24 bits per heavy atom. The first-order chi connectivity index (χ1) is 8.04. The molecular formula is C11H16N2O3S. The van der Waals surface area contributed by atoms with Crippen LogP contribution in [0.1, 0.15) is 19.5 Å². The summed E-state index contributed by atoms with van der Waals surface area (Å²) in [5.74, 6) is -0.167. The van der Waals surface area contributed by atoms with E-state index in [1.807, 2.05) is 5.38 Å². The predicted molar refractivity (Wildman–Crippen MR) is 65.0 cm³/mol. The molecule has 1 heterocycles. The number of hydrogen-bond acceptors (Lipinski definition) is 5. The maximum atomic E-state index is 11.9. The van der Waals surface area contributed by atoms with E-state index < -0.39 is 12.1 Å². The van der Waals surface area contributed by atoms with Crippen molar-refractivity contribution in [3.8, 4) is 0 Å². The molecule has 0 unspecified atom stereocenters. The molecule has 0 fully saturated rings. The van der Waals surface area contributed by atoms with Crippen molar-refractivity contribution in [3.63, 3.8) is 0 Å². The largest absolute Gasteiger partial charge is 0.453 e. The van der Waals surface area contributed by atoms with Crippen LogP contribution in [0.2, 0.25) is 0 Å². The van der Waals surface area contributed by atoms with Gasteiger partial charge in [0, 0.05) is 17.7 Å². The Morgan fingerprint density at radius 3 is 2.71 bits per heavy atom. The second-order valence-corrected chi connectivity index (χ2v) is 4.65. The molecule has 1 amide bonds.